The number of amides is 2. The third-order valence-corrected chi connectivity index (χ3v) is 4.60. The average molecular weight is 392 g/mol. The molecular formula is C17H18BrN3O3. The van der Waals surface area contributed by atoms with Crippen LogP contribution in [0.1, 0.15) is 23.8 Å². The Morgan fingerprint density at radius 3 is 2.92 bits per heavy atom. The fraction of sp³-hybridized carbons (Fsp3) is 0.353. The standard InChI is InChI=1S/C17H18BrN3O3/c1-10-11(2)24-15(20-10)8-19-17(23)12-6-16(22)21(9-12)14-5-3-4-13(18)7-14/h3-5,7,12H,6,8-9H2,1-2H3,(H,19,23). The number of nitrogens with zero attached hydrogens (tertiary/aromatic N) is 2. The normalized spacial score (nSPS) is 17.4. The van der Waals surface area contributed by atoms with E-state index in [1.165, 1.54) is 0 Å². The molecule has 2 heterocycles. The van der Waals surface area contributed by atoms with Crippen LogP contribution in [0.15, 0.2) is 33.2 Å². The Hall–Kier alpha value is -2.15. The highest BCUT2D eigenvalue weighted by molar-refractivity contribution is 9.10. The molecule has 1 aromatic heterocycles. The molecule has 0 radical (unpaired) electrons. The van der Waals surface area contributed by atoms with Gasteiger partial charge in [-0.1, -0.05) is 22.0 Å². The minimum Gasteiger partial charge on any atom is -0.444 e. The van der Waals surface area contributed by atoms with E-state index in [-0.39, 0.29) is 30.7 Å². The van der Waals surface area contributed by atoms with Crippen LogP contribution in [-0.2, 0) is 16.1 Å². The summed E-state index contributed by atoms with van der Waals surface area (Å²) in [6, 6.07) is 7.50. The number of hydrogen-bond acceptors (Lipinski definition) is 4. The Morgan fingerprint density at radius 2 is 2.25 bits per heavy atom. The van der Waals surface area contributed by atoms with Crippen LogP contribution < -0.4 is 10.2 Å². The summed E-state index contributed by atoms with van der Waals surface area (Å²) in [6.07, 6.45) is 0.210. The van der Waals surface area contributed by atoms with E-state index in [0.717, 1.165) is 21.6 Å². The number of carbonyl (C=O) groups is 2. The molecule has 24 heavy (non-hydrogen) atoms. The SMILES string of the molecule is Cc1nc(CNC(=O)C2CC(=O)N(c3cccc(Br)c3)C2)oc1C. The summed E-state index contributed by atoms with van der Waals surface area (Å²) < 4.78 is 6.34. The lowest BCUT2D eigenvalue weighted by Gasteiger charge is -2.16. The van der Waals surface area contributed by atoms with E-state index >= 15 is 0 Å². The maximum absolute atomic E-state index is 12.3. The number of rotatable bonds is 4. The zero-order chi connectivity index (χ0) is 17.3. The number of benzene rings is 1. The highest BCUT2D eigenvalue weighted by atomic mass is 79.9. The third-order valence-electron chi connectivity index (χ3n) is 4.10. The van der Waals surface area contributed by atoms with Gasteiger partial charge >= 0.3 is 0 Å². The second-order valence-electron chi connectivity index (χ2n) is 5.85. The Labute approximate surface area is 148 Å². The number of aromatic nitrogens is 1. The molecule has 0 spiro atoms. The van der Waals surface area contributed by atoms with Crippen LogP contribution in [0.2, 0.25) is 0 Å². The zero-order valence-electron chi connectivity index (χ0n) is 13.5. The van der Waals surface area contributed by atoms with Gasteiger partial charge in [0.1, 0.15) is 5.76 Å². The van der Waals surface area contributed by atoms with Crippen molar-refractivity contribution in [1.29, 1.82) is 0 Å². The minimum absolute atomic E-state index is 0.0453. The highest BCUT2D eigenvalue weighted by Gasteiger charge is 2.35. The molecule has 1 fully saturated rings. The molecule has 6 nitrogen and oxygen atoms in total. The Morgan fingerprint density at radius 1 is 1.46 bits per heavy atom. The molecule has 0 aliphatic carbocycles. The van der Waals surface area contributed by atoms with Crippen LogP contribution in [0.25, 0.3) is 0 Å². The van der Waals surface area contributed by atoms with Crippen molar-refractivity contribution in [2.45, 2.75) is 26.8 Å². The van der Waals surface area contributed by atoms with E-state index in [2.05, 4.69) is 26.2 Å². The number of nitrogens with one attached hydrogen (secondary N) is 1. The molecule has 1 N–H and O–H groups in total. The fourth-order valence-electron chi connectivity index (χ4n) is 2.70. The first-order chi connectivity index (χ1) is 11.4. The van der Waals surface area contributed by atoms with Crippen molar-refractivity contribution in [3.8, 4) is 0 Å². The molecule has 1 saturated heterocycles. The molecule has 1 unspecified atom stereocenters. The quantitative estimate of drug-likeness (QED) is 0.868. The van der Waals surface area contributed by atoms with Crippen molar-refractivity contribution in [3.63, 3.8) is 0 Å². The van der Waals surface area contributed by atoms with Gasteiger partial charge in [-0.2, -0.15) is 0 Å². The van der Waals surface area contributed by atoms with Crippen LogP contribution in [-0.4, -0.2) is 23.3 Å². The monoisotopic (exact) mass is 391 g/mol. The fourth-order valence-corrected chi connectivity index (χ4v) is 3.09. The summed E-state index contributed by atoms with van der Waals surface area (Å²) in [5.41, 5.74) is 1.61. The summed E-state index contributed by atoms with van der Waals surface area (Å²) in [6.45, 7) is 4.30. The third kappa shape index (κ3) is 3.51. The molecular weight excluding hydrogens is 374 g/mol. The van der Waals surface area contributed by atoms with Gasteiger partial charge in [0, 0.05) is 23.1 Å². The van der Waals surface area contributed by atoms with Crippen LogP contribution in [0.5, 0.6) is 0 Å². The van der Waals surface area contributed by atoms with E-state index in [0.29, 0.717) is 12.4 Å². The van der Waals surface area contributed by atoms with Crippen LogP contribution in [0.3, 0.4) is 0 Å². The predicted molar refractivity (Wildman–Crippen MR) is 92.4 cm³/mol. The zero-order valence-corrected chi connectivity index (χ0v) is 15.1. The first kappa shape index (κ1) is 16.7. The number of anilines is 1. The summed E-state index contributed by atoms with van der Waals surface area (Å²) in [7, 11) is 0. The lowest BCUT2D eigenvalue weighted by Crippen LogP contribution is -2.32. The van der Waals surface area contributed by atoms with Crippen molar-refractivity contribution >= 4 is 33.4 Å². The van der Waals surface area contributed by atoms with Crippen molar-refractivity contribution < 1.29 is 14.0 Å². The van der Waals surface area contributed by atoms with Crippen molar-refractivity contribution in [2.75, 3.05) is 11.4 Å². The molecule has 0 bridgehead atoms. The number of hydrogen-bond donors (Lipinski definition) is 1. The lowest BCUT2D eigenvalue weighted by atomic mass is 10.1. The van der Waals surface area contributed by atoms with Crippen LogP contribution in [0.4, 0.5) is 5.69 Å². The summed E-state index contributed by atoms with van der Waals surface area (Å²) >= 11 is 3.40. The molecule has 2 aromatic rings. The molecule has 1 aromatic carbocycles. The van der Waals surface area contributed by atoms with Crippen LogP contribution in [0, 0.1) is 19.8 Å². The van der Waals surface area contributed by atoms with Gasteiger partial charge in [0.2, 0.25) is 17.7 Å². The molecule has 0 saturated carbocycles. The second kappa shape index (κ2) is 6.76. The Balaban J connectivity index is 1.61. The maximum Gasteiger partial charge on any atom is 0.227 e. The van der Waals surface area contributed by atoms with Gasteiger partial charge in [-0.25, -0.2) is 4.98 Å². The average Bonchev–Trinajstić information content (AvgIpc) is 3.08. The van der Waals surface area contributed by atoms with Gasteiger partial charge < -0.3 is 14.6 Å². The number of halogens is 1. The lowest BCUT2D eigenvalue weighted by molar-refractivity contribution is -0.126. The first-order valence-corrected chi connectivity index (χ1v) is 8.50. The van der Waals surface area contributed by atoms with Crippen molar-refractivity contribution in [3.05, 3.63) is 46.1 Å². The smallest absolute Gasteiger partial charge is 0.227 e. The molecule has 2 amide bonds. The van der Waals surface area contributed by atoms with Gasteiger partial charge in [-0.05, 0) is 32.0 Å². The molecule has 1 aliphatic rings. The highest BCUT2D eigenvalue weighted by Crippen LogP contribution is 2.27. The molecule has 7 heteroatoms. The van der Waals surface area contributed by atoms with Gasteiger partial charge in [-0.15, -0.1) is 0 Å². The maximum atomic E-state index is 12.3. The Bertz CT molecular complexity index is 768. The van der Waals surface area contributed by atoms with Crippen molar-refractivity contribution in [1.82, 2.24) is 10.3 Å². The number of carbonyl (C=O) groups excluding carboxylic acids is 2. The van der Waals surface area contributed by atoms with Crippen LogP contribution >= 0.6 is 15.9 Å². The van der Waals surface area contributed by atoms with E-state index < -0.39 is 0 Å². The predicted octanol–water partition coefficient (Wildman–Crippen LogP) is 2.72. The first-order valence-electron chi connectivity index (χ1n) is 7.70. The largest absolute Gasteiger partial charge is 0.444 e. The topological polar surface area (TPSA) is 75.4 Å². The summed E-state index contributed by atoms with van der Waals surface area (Å²) in [5.74, 6) is 0.654. The van der Waals surface area contributed by atoms with Gasteiger partial charge in [0.15, 0.2) is 0 Å². The van der Waals surface area contributed by atoms with E-state index in [1.807, 2.05) is 38.1 Å². The second-order valence-corrected chi connectivity index (χ2v) is 6.77. The van der Waals surface area contributed by atoms with Gasteiger partial charge in [0.25, 0.3) is 0 Å². The summed E-state index contributed by atoms with van der Waals surface area (Å²) in [5, 5.41) is 2.80. The molecule has 1 atom stereocenters. The Kier molecular flexibility index (Phi) is 4.71. The summed E-state index contributed by atoms with van der Waals surface area (Å²) in [4.78, 5) is 30.4. The van der Waals surface area contributed by atoms with E-state index in [9.17, 15) is 9.59 Å². The minimum atomic E-state index is -0.367. The number of oxazole rings is 1. The number of aryl methyl sites for hydroxylation is 2. The van der Waals surface area contributed by atoms with E-state index in [4.69, 9.17) is 4.42 Å². The molecule has 1 aliphatic heterocycles. The van der Waals surface area contributed by atoms with Gasteiger partial charge in [0.05, 0.1) is 18.2 Å². The van der Waals surface area contributed by atoms with Crippen molar-refractivity contribution in [2.24, 2.45) is 5.92 Å². The molecule has 126 valence electrons. The molecule has 3 rings (SSSR count). The van der Waals surface area contributed by atoms with E-state index in [1.54, 1.807) is 4.90 Å². The van der Waals surface area contributed by atoms with Gasteiger partial charge in [-0.3, -0.25) is 9.59 Å².